The summed E-state index contributed by atoms with van der Waals surface area (Å²) in [6.45, 7) is 7.78. The van der Waals surface area contributed by atoms with Crippen LogP contribution in [0.3, 0.4) is 0 Å². The minimum atomic E-state index is 0.664. The van der Waals surface area contributed by atoms with Gasteiger partial charge in [-0.25, -0.2) is 0 Å². The van der Waals surface area contributed by atoms with Crippen LogP contribution in [0.25, 0.3) is 0 Å². The average molecular weight is 170 g/mol. The molecular weight excluding hydrogens is 148 g/mol. The molecular formula is C10H22N2. The van der Waals surface area contributed by atoms with E-state index in [1.807, 2.05) is 0 Å². The highest BCUT2D eigenvalue weighted by molar-refractivity contribution is 4.84. The maximum absolute atomic E-state index is 5.61. The molecule has 1 rings (SSSR count). The molecule has 0 aromatic rings. The number of hydrogen-bond acceptors (Lipinski definition) is 2. The van der Waals surface area contributed by atoms with Crippen LogP contribution in [0.5, 0.6) is 0 Å². The van der Waals surface area contributed by atoms with Crippen molar-refractivity contribution < 1.29 is 0 Å². The molecule has 2 heteroatoms. The number of nitrogens with zero attached hydrogens (tertiary/aromatic N) is 1. The van der Waals surface area contributed by atoms with Gasteiger partial charge in [0.25, 0.3) is 0 Å². The predicted octanol–water partition coefficient (Wildman–Crippen LogP) is 1.46. The van der Waals surface area contributed by atoms with E-state index in [-0.39, 0.29) is 0 Å². The first-order valence-electron chi connectivity index (χ1n) is 5.22. The van der Waals surface area contributed by atoms with Gasteiger partial charge in [-0.3, -0.25) is 0 Å². The maximum atomic E-state index is 5.61. The summed E-state index contributed by atoms with van der Waals surface area (Å²) in [7, 11) is 0. The summed E-state index contributed by atoms with van der Waals surface area (Å²) >= 11 is 0. The van der Waals surface area contributed by atoms with Gasteiger partial charge in [0.05, 0.1) is 0 Å². The molecule has 1 aliphatic carbocycles. The third kappa shape index (κ3) is 3.11. The first-order chi connectivity index (χ1) is 5.77. The molecule has 0 saturated heterocycles. The Labute approximate surface area is 76.1 Å². The summed E-state index contributed by atoms with van der Waals surface area (Å²) in [6.07, 6.45) is 4.10. The Morgan fingerprint density at radius 3 is 2.58 bits per heavy atom. The van der Waals surface area contributed by atoms with Crippen molar-refractivity contribution in [2.45, 2.75) is 39.2 Å². The molecule has 1 saturated carbocycles. The van der Waals surface area contributed by atoms with Gasteiger partial charge >= 0.3 is 0 Å². The standard InChI is InChI=1S/C10H22N2/c1-3-6-12(10-4-5-10)8-9(2)7-11/h9-10H,3-8,11H2,1-2H3. The van der Waals surface area contributed by atoms with Crippen LogP contribution in [0.2, 0.25) is 0 Å². The van der Waals surface area contributed by atoms with Crippen LogP contribution < -0.4 is 5.73 Å². The molecule has 0 aromatic carbocycles. The first-order valence-corrected chi connectivity index (χ1v) is 5.22. The maximum Gasteiger partial charge on any atom is 0.00965 e. The molecule has 0 aromatic heterocycles. The van der Waals surface area contributed by atoms with Gasteiger partial charge in [0.1, 0.15) is 0 Å². The van der Waals surface area contributed by atoms with E-state index in [9.17, 15) is 0 Å². The monoisotopic (exact) mass is 170 g/mol. The van der Waals surface area contributed by atoms with Gasteiger partial charge in [-0.05, 0) is 38.3 Å². The second-order valence-corrected chi connectivity index (χ2v) is 4.07. The molecule has 1 unspecified atom stereocenters. The van der Waals surface area contributed by atoms with E-state index in [2.05, 4.69) is 18.7 Å². The Morgan fingerprint density at radius 1 is 1.50 bits per heavy atom. The van der Waals surface area contributed by atoms with Crippen LogP contribution in [-0.4, -0.2) is 30.6 Å². The van der Waals surface area contributed by atoms with Gasteiger partial charge in [0.15, 0.2) is 0 Å². The molecule has 2 nitrogen and oxygen atoms in total. The van der Waals surface area contributed by atoms with Gasteiger partial charge in [-0.15, -0.1) is 0 Å². The Morgan fingerprint density at radius 2 is 2.17 bits per heavy atom. The summed E-state index contributed by atoms with van der Waals surface area (Å²) in [6, 6.07) is 0.902. The molecule has 1 atom stereocenters. The molecule has 0 aliphatic heterocycles. The predicted molar refractivity (Wildman–Crippen MR) is 53.1 cm³/mol. The van der Waals surface area contributed by atoms with Gasteiger partial charge in [-0.2, -0.15) is 0 Å². The van der Waals surface area contributed by atoms with Gasteiger partial charge < -0.3 is 10.6 Å². The van der Waals surface area contributed by atoms with Crippen molar-refractivity contribution in [3.05, 3.63) is 0 Å². The minimum absolute atomic E-state index is 0.664. The second-order valence-electron chi connectivity index (χ2n) is 4.07. The average Bonchev–Trinajstić information content (AvgIpc) is 2.86. The molecule has 2 N–H and O–H groups in total. The lowest BCUT2D eigenvalue weighted by atomic mass is 10.1. The van der Waals surface area contributed by atoms with Gasteiger partial charge in [0.2, 0.25) is 0 Å². The van der Waals surface area contributed by atoms with Crippen LogP contribution in [0.4, 0.5) is 0 Å². The lowest BCUT2D eigenvalue weighted by Crippen LogP contribution is -2.33. The molecule has 72 valence electrons. The first kappa shape index (κ1) is 10.0. The number of rotatable bonds is 6. The topological polar surface area (TPSA) is 29.3 Å². The van der Waals surface area contributed by atoms with Crippen LogP contribution >= 0.6 is 0 Å². The normalized spacial score (nSPS) is 20.0. The Hall–Kier alpha value is -0.0800. The van der Waals surface area contributed by atoms with Crippen molar-refractivity contribution in [1.82, 2.24) is 4.90 Å². The van der Waals surface area contributed by atoms with E-state index in [0.717, 1.165) is 12.6 Å². The van der Waals surface area contributed by atoms with E-state index in [4.69, 9.17) is 5.73 Å². The van der Waals surface area contributed by atoms with Crippen molar-refractivity contribution >= 4 is 0 Å². The van der Waals surface area contributed by atoms with Gasteiger partial charge in [0, 0.05) is 12.6 Å². The second kappa shape index (κ2) is 4.83. The van der Waals surface area contributed by atoms with E-state index >= 15 is 0 Å². The summed E-state index contributed by atoms with van der Waals surface area (Å²) in [5.41, 5.74) is 5.61. The highest BCUT2D eigenvalue weighted by Crippen LogP contribution is 2.27. The van der Waals surface area contributed by atoms with Crippen LogP contribution in [0.1, 0.15) is 33.1 Å². The highest BCUT2D eigenvalue weighted by Gasteiger charge is 2.28. The zero-order valence-electron chi connectivity index (χ0n) is 8.42. The fourth-order valence-corrected chi connectivity index (χ4v) is 1.62. The Kier molecular flexibility index (Phi) is 4.02. The molecule has 0 amide bonds. The van der Waals surface area contributed by atoms with Crippen LogP contribution in [0, 0.1) is 5.92 Å². The zero-order chi connectivity index (χ0) is 8.97. The highest BCUT2D eigenvalue weighted by atomic mass is 15.2. The number of hydrogen-bond donors (Lipinski definition) is 1. The van der Waals surface area contributed by atoms with Crippen molar-refractivity contribution in [3.63, 3.8) is 0 Å². The number of nitrogens with two attached hydrogens (primary N) is 1. The molecule has 0 radical (unpaired) electrons. The lowest BCUT2D eigenvalue weighted by Gasteiger charge is -2.24. The van der Waals surface area contributed by atoms with E-state index in [0.29, 0.717) is 5.92 Å². The summed E-state index contributed by atoms with van der Waals surface area (Å²) in [5.74, 6) is 0.664. The Bertz CT molecular complexity index is 121. The third-order valence-corrected chi connectivity index (χ3v) is 2.52. The van der Waals surface area contributed by atoms with Crippen LogP contribution in [0.15, 0.2) is 0 Å². The van der Waals surface area contributed by atoms with E-state index < -0.39 is 0 Å². The van der Waals surface area contributed by atoms with Crippen molar-refractivity contribution in [3.8, 4) is 0 Å². The molecule has 1 fully saturated rings. The lowest BCUT2D eigenvalue weighted by molar-refractivity contribution is 0.230. The third-order valence-electron chi connectivity index (χ3n) is 2.52. The SMILES string of the molecule is CCCN(CC(C)CN)C1CC1. The molecule has 12 heavy (non-hydrogen) atoms. The fraction of sp³-hybridized carbons (Fsp3) is 1.00. The zero-order valence-corrected chi connectivity index (χ0v) is 8.42. The summed E-state index contributed by atoms with van der Waals surface area (Å²) < 4.78 is 0. The smallest absolute Gasteiger partial charge is 0.00965 e. The van der Waals surface area contributed by atoms with Crippen LogP contribution in [-0.2, 0) is 0 Å². The van der Waals surface area contributed by atoms with Crippen molar-refractivity contribution in [2.75, 3.05) is 19.6 Å². The van der Waals surface area contributed by atoms with E-state index in [1.54, 1.807) is 0 Å². The van der Waals surface area contributed by atoms with Gasteiger partial charge in [-0.1, -0.05) is 13.8 Å². The van der Waals surface area contributed by atoms with E-state index in [1.165, 1.54) is 32.4 Å². The molecule has 1 aliphatic rings. The molecule has 0 spiro atoms. The van der Waals surface area contributed by atoms with Crippen molar-refractivity contribution in [1.29, 1.82) is 0 Å². The summed E-state index contributed by atoms with van der Waals surface area (Å²) in [4.78, 5) is 2.61. The fourth-order valence-electron chi connectivity index (χ4n) is 1.62. The molecule has 0 bridgehead atoms. The quantitative estimate of drug-likeness (QED) is 0.654. The van der Waals surface area contributed by atoms with Crippen molar-refractivity contribution in [2.24, 2.45) is 11.7 Å². The minimum Gasteiger partial charge on any atom is -0.330 e. The largest absolute Gasteiger partial charge is 0.330 e. The summed E-state index contributed by atoms with van der Waals surface area (Å²) in [5, 5.41) is 0. The molecule has 0 heterocycles. The Balaban J connectivity index is 2.22.